The Hall–Kier alpha value is -3.33. The number of hydrogen-bond acceptors (Lipinski definition) is 4. The van der Waals surface area contributed by atoms with Gasteiger partial charge in [-0.2, -0.15) is 8.42 Å². The molecule has 9 heteroatoms. The number of urea groups is 1. The number of aromatic nitrogens is 2. The highest BCUT2D eigenvalue weighted by Gasteiger charge is 2.26. The normalized spacial score (nSPS) is 14.7. The maximum atomic E-state index is 12.6. The average molecular weight is 452 g/mol. The van der Waals surface area contributed by atoms with Gasteiger partial charge >= 0.3 is 16.2 Å². The molecule has 32 heavy (non-hydrogen) atoms. The molecule has 0 spiro atoms. The van der Waals surface area contributed by atoms with E-state index in [2.05, 4.69) is 25.8 Å². The molecule has 1 aromatic heterocycles. The molecule has 8 nitrogen and oxygen atoms in total. The largest absolute Gasteiger partial charge is 0.334 e. The molecule has 2 aliphatic rings. The summed E-state index contributed by atoms with van der Waals surface area (Å²) in [4.78, 5) is 16.8. The van der Waals surface area contributed by atoms with Gasteiger partial charge in [-0.05, 0) is 92.0 Å². The number of carbonyl (C=O) groups is 1. The van der Waals surface area contributed by atoms with Crippen LogP contribution in [-0.2, 0) is 35.9 Å². The number of rotatable bonds is 5. The van der Waals surface area contributed by atoms with Gasteiger partial charge in [-0.25, -0.2) is 14.5 Å². The van der Waals surface area contributed by atoms with E-state index in [0.717, 1.165) is 66.9 Å². The smallest absolute Gasteiger partial charge is 0.307 e. The van der Waals surface area contributed by atoms with Gasteiger partial charge in [0, 0.05) is 23.8 Å². The van der Waals surface area contributed by atoms with Crippen LogP contribution < -0.4 is 14.8 Å². The summed E-state index contributed by atoms with van der Waals surface area (Å²) >= 11 is 0. The zero-order valence-corrected chi connectivity index (χ0v) is 18.6. The van der Waals surface area contributed by atoms with Crippen LogP contribution in [0.3, 0.4) is 0 Å². The third kappa shape index (κ3) is 3.95. The topological polar surface area (TPSA) is 105 Å². The van der Waals surface area contributed by atoms with Crippen molar-refractivity contribution >= 4 is 27.6 Å². The van der Waals surface area contributed by atoms with Crippen LogP contribution in [0.5, 0.6) is 0 Å². The van der Waals surface area contributed by atoms with Gasteiger partial charge in [-0.1, -0.05) is 6.07 Å². The van der Waals surface area contributed by atoms with Crippen molar-refractivity contribution in [2.75, 3.05) is 10.0 Å². The molecule has 3 aromatic rings. The van der Waals surface area contributed by atoms with E-state index in [0.29, 0.717) is 5.69 Å². The summed E-state index contributed by atoms with van der Waals surface area (Å²) in [5.74, 6) is 0.829. The Morgan fingerprint density at radius 2 is 1.66 bits per heavy atom. The van der Waals surface area contributed by atoms with Crippen molar-refractivity contribution in [2.24, 2.45) is 0 Å². The molecule has 0 fully saturated rings. The Morgan fingerprint density at radius 3 is 2.25 bits per heavy atom. The fraction of sp³-hybridized carbons (Fsp3) is 0.304. The van der Waals surface area contributed by atoms with Crippen LogP contribution in [0.1, 0.15) is 40.9 Å². The van der Waals surface area contributed by atoms with Crippen LogP contribution in [0.4, 0.5) is 16.2 Å². The molecule has 1 heterocycles. The number of aryl methyl sites for hydroxylation is 3. The molecule has 0 unspecified atom stereocenters. The first kappa shape index (κ1) is 20.6. The number of fused-ring (bicyclic) bond motifs is 2. The van der Waals surface area contributed by atoms with Crippen LogP contribution in [-0.4, -0.2) is 24.0 Å². The van der Waals surface area contributed by atoms with Gasteiger partial charge in [0.1, 0.15) is 5.82 Å². The third-order valence-corrected chi connectivity index (χ3v) is 7.12. The summed E-state index contributed by atoms with van der Waals surface area (Å²) in [5, 5.41) is 2.84. The van der Waals surface area contributed by atoms with Crippen LogP contribution in [0.15, 0.2) is 42.7 Å². The maximum absolute atomic E-state index is 12.6. The number of amides is 2. The third-order valence-electron chi connectivity index (χ3n) is 6.16. The molecule has 166 valence electrons. The van der Waals surface area contributed by atoms with Crippen LogP contribution >= 0.6 is 0 Å². The molecule has 2 aliphatic carbocycles. The average Bonchev–Trinajstić information content (AvgIpc) is 3.48. The minimum Gasteiger partial charge on any atom is -0.307 e. The SMILES string of the molecule is Cc1nccn1-c1ccc(NS(=O)(=O)NC(=O)Nc2c3c(cc4c2CCC4)CCC3)cc1. The van der Waals surface area contributed by atoms with Gasteiger partial charge in [-0.15, -0.1) is 0 Å². The van der Waals surface area contributed by atoms with Crippen molar-refractivity contribution in [3.05, 3.63) is 70.8 Å². The highest BCUT2D eigenvalue weighted by Crippen LogP contribution is 2.38. The first-order chi connectivity index (χ1) is 15.4. The number of anilines is 2. The minimum atomic E-state index is -4.09. The lowest BCUT2D eigenvalue weighted by Crippen LogP contribution is -2.38. The van der Waals surface area contributed by atoms with E-state index >= 15 is 0 Å². The van der Waals surface area contributed by atoms with Crippen LogP contribution in [0.2, 0.25) is 0 Å². The number of benzene rings is 2. The number of nitrogens with one attached hydrogen (secondary N) is 3. The Morgan fingerprint density at radius 1 is 1.00 bits per heavy atom. The second-order valence-electron chi connectivity index (χ2n) is 8.29. The summed E-state index contributed by atoms with van der Waals surface area (Å²) in [6, 6.07) is 8.36. The summed E-state index contributed by atoms with van der Waals surface area (Å²) in [5.41, 5.74) is 6.87. The maximum Gasteiger partial charge on any atom is 0.334 e. The Kier molecular flexibility index (Phi) is 5.13. The summed E-state index contributed by atoms with van der Waals surface area (Å²) in [6.07, 6.45) is 9.48. The van der Waals surface area contributed by atoms with Gasteiger partial charge in [0.15, 0.2) is 0 Å². The van der Waals surface area contributed by atoms with Crippen molar-refractivity contribution in [2.45, 2.75) is 45.4 Å². The molecule has 3 N–H and O–H groups in total. The van der Waals surface area contributed by atoms with E-state index in [-0.39, 0.29) is 0 Å². The minimum absolute atomic E-state index is 0.355. The first-order valence-corrected chi connectivity index (χ1v) is 12.3. The number of nitrogens with zero attached hydrogens (tertiary/aromatic N) is 2. The lowest BCUT2D eigenvalue weighted by atomic mass is 9.99. The lowest BCUT2D eigenvalue weighted by Gasteiger charge is -2.17. The molecule has 0 aliphatic heterocycles. The van der Waals surface area contributed by atoms with Crippen molar-refractivity contribution < 1.29 is 13.2 Å². The molecular formula is C23H25N5O3S. The highest BCUT2D eigenvalue weighted by atomic mass is 32.2. The predicted octanol–water partition coefficient (Wildman–Crippen LogP) is 3.64. The fourth-order valence-electron chi connectivity index (χ4n) is 4.75. The summed E-state index contributed by atoms with van der Waals surface area (Å²) in [6.45, 7) is 1.89. The summed E-state index contributed by atoms with van der Waals surface area (Å²) < 4.78 is 31.4. The Labute approximate surface area is 187 Å². The van der Waals surface area contributed by atoms with E-state index in [1.54, 1.807) is 30.5 Å². The zero-order chi connectivity index (χ0) is 22.3. The number of imidazole rings is 1. The van der Waals surface area contributed by atoms with Gasteiger partial charge in [0.2, 0.25) is 0 Å². The molecule has 0 saturated carbocycles. The molecule has 2 aromatic carbocycles. The number of hydrogen-bond donors (Lipinski definition) is 3. The van der Waals surface area contributed by atoms with E-state index < -0.39 is 16.2 Å². The van der Waals surface area contributed by atoms with E-state index in [1.165, 1.54) is 11.1 Å². The van der Waals surface area contributed by atoms with Crippen molar-refractivity contribution in [3.8, 4) is 5.69 Å². The van der Waals surface area contributed by atoms with Crippen molar-refractivity contribution in [3.63, 3.8) is 0 Å². The van der Waals surface area contributed by atoms with Crippen LogP contribution in [0.25, 0.3) is 5.69 Å². The second kappa shape index (κ2) is 7.98. The van der Waals surface area contributed by atoms with Gasteiger partial charge in [0.25, 0.3) is 0 Å². The van der Waals surface area contributed by atoms with Crippen LogP contribution in [0, 0.1) is 6.92 Å². The Bertz CT molecular complexity index is 1260. The molecule has 0 bridgehead atoms. The first-order valence-electron chi connectivity index (χ1n) is 10.8. The van der Waals surface area contributed by atoms with Gasteiger partial charge in [-0.3, -0.25) is 4.72 Å². The molecule has 5 rings (SSSR count). The molecule has 0 atom stereocenters. The van der Waals surface area contributed by atoms with E-state index in [1.807, 2.05) is 17.7 Å². The quantitative estimate of drug-likeness (QED) is 0.551. The monoisotopic (exact) mass is 451 g/mol. The fourth-order valence-corrected chi connectivity index (χ4v) is 5.54. The highest BCUT2D eigenvalue weighted by molar-refractivity contribution is 7.91. The molecular weight excluding hydrogens is 426 g/mol. The number of carbonyl (C=O) groups excluding carboxylic acids is 1. The molecule has 0 saturated heterocycles. The standard InChI is InChI=1S/C23H25N5O3S/c1-15-24-12-13-28(15)19-10-8-18(9-11-19)26-32(30,31)27-23(29)25-22-20-6-2-4-16(20)14-17-5-3-7-21(17)22/h8-14,26H,2-7H2,1H3,(H2,25,27,29). The molecule has 0 radical (unpaired) electrons. The Balaban J connectivity index is 1.29. The van der Waals surface area contributed by atoms with E-state index in [4.69, 9.17) is 0 Å². The predicted molar refractivity (Wildman–Crippen MR) is 123 cm³/mol. The van der Waals surface area contributed by atoms with Crippen molar-refractivity contribution in [1.29, 1.82) is 0 Å². The van der Waals surface area contributed by atoms with Crippen molar-refractivity contribution in [1.82, 2.24) is 14.3 Å². The van der Waals surface area contributed by atoms with Gasteiger partial charge in [0.05, 0.1) is 5.69 Å². The second-order valence-corrected chi connectivity index (χ2v) is 9.70. The zero-order valence-electron chi connectivity index (χ0n) is 17.8. The summed E-state index contributed by atoms with van der Waals surface area (Å²) in [7, 11) is -4.09. The molecule has 2 amide bonds. The van der Waals surface area contributed by atoms with E-state index in [9.17, 15) is 13.2 Å². The van der Waals surface area contributed by atoms with Gasteiger partial charge < -0.3 is 9.88 Å². The lowest BCUT2D eigenvalue weighted by molar-refractivity contribution is 0.256.